The number of hydrogen-bond acceptors (Lipinski definition) is 5. The summed E-state index contributed by atoms with van der Waals surface area (Å²) < 4.78 is 12.7. The lowest BCUT2D eigenvalue weighted by molar-refractivity contribution is 0.588. The van der Waals surface area contributed by atoms with E-state index in [1.54, 1.807) is 6.07 Å². The van der Waals surface area contributed by atoms with Crippen LogP contribution in [0.3, 0.4) is 0 Å². The van der Waals surface area contributed by atoms with E-state index in [2.05, 4.69) is 34.3 Å². The van der Waals surface area contributed by atoms with Gasteiger partial charge >= 0.3 is 0 Å². The van der Waals surface area contributed by atoms with E-state index in [0.717, 1.165) is 23.0 Å². The van der Waals surface area contributed by atoms with Crippen LogP contribution >= 0.6 is 11.3 Å². The predicted molar refractivity (Wildman–Crippen MR) is 69.9 cm³/mol. The number of aromatic nitrogens is 3. The van der Waals surface area contributed by atoms with Crippen molar-refractivity contribution in [2.45, 2.75) is 26.3 Å². The second kappa shape index (κ2) is 5.97. The highest BCUT2D eigenvalue weighted by Crippen LogP contribution is 2.21. The molecule has 96 valence electrons. The highest BCUT2D eigenvalue weighted by Gasteiger charge is 2.07. The molecule has 0 unspecified atom stereocenters. The maximum atomic E-state index is 12.7. The zero-order valence-corrected chi connectivity index (χ0v) is 11.2. The lowest BCUT2D eigenvalue weighted by Crippen LogP contribution is -2.24. The molecule has 0 aromatic carbocycles. The van der Waals surface area contributed by atoms with Gasteiger partial charge in [-0.3, -0.25) is 4.98 Å². The second-order valence-corrected chi connectivity index (χ2v) is 5.28. The van der Waals surface area contributed by atoms with Crippen LogP contribution in [0, 0.1) is 5.82 Å². The van der Waals surface area contributed by atoms with Crippen molar-refractivity contribution in [1.29, 1.82) is 0 Å². The fourth-order valence-electron chi connectivity index (χ4n) is 1.43. The number of nitrogens with zero attached hydrogens (tertiary/aromatic N) is 3. The molecule has 0 spiro atoms. The van der Waals surface area contributed by atoms with Gasteiger partial charge in [-0.05, 0) is 12.1 Å². The predicted octanol–water partition coefficient (Wildman–Crippen LogP) is 2.28. The lowest BCUT2D eigenvalue weighted by atomic mass is 10.3. The van der Waals surface area contributed by atoms with Crippen LogP contribution in [-0.2, 0) is 6.42 Å². The highest BCUT2D eigenvalue weighted by molar-refractivity contribution is 7.14. The van der Waals surface area contributed by atoms with Crippen LogP contribution in [0.5, 0.6) is 0 Å². The minimum absolute atomic E-state index is 0.343. The fraction of sp³-hybridized carbons (Fsp3) is 0.417. The normalized spacial score (nSPS) is 11.1. The Morgan fingerprint density at radius 1 is 1.33 bits per heavy atom. The molecule has 18 heavy (non-hydrogen) atoms. The summed E-state index contributed by atoms with van der Waals surface area (Å²) >= 11 is 1.50. The van der Waals surface area contributed by atoms with Crippen molar-refractivity contribution < 1.29 is 4.39 Å². The van der Waals surface area contributed by atoms with E-state index in [9.17, 15) is 4.39 Å². The monoisotopic (exact) mass is 266 g/mol. The average molecular weight is 266 g/mol. The van der Waals surface area contributed by atoms with Crippen molar-refractivity contribution in [1.82, 2.24) is 20.5 Å². The Morgan fingerprint density at radius 2 is 2.17 bits per heavy atom. The Morgan fingerprint density at radius 3 is 2.83 bits per heavy atom. The lowest BCUT2D eigenvalue weighted by Gasteiger charge is -2.04. The van der Waals surface area contributed by atoms with Crippen LogP contribution in [0.2, 0.25) is 0 Å². The second-order valence-electron chi connectivity index (χ2n) is 4.22. The Labute approximate surface area is 109 Å². The van der Waals surface area contributed by atoms with Gasteiger partial charge in [0.1, 0.15) is 16.5 Å². The average Bonchev–Trinajstić information content (AvgIpc) is 2.78. The van der Waals surface area contributed by atoms with E-state index < -0.39 is 0 Å². The minimum Gasteiger partial charge on any atom is -0.314 e. The van der Waals surface area contributed by atoms with Crippen molar-refractivity contribution in [3.63, 3.8) is 0 Å². The van der Waals surface area contributed by atoms with Gasteiger partial charge in [-0.15, -0.1) is 10.2 Å². The molecule has 4 nitrogen and oxygen atoms in total. The molecule has 0 atom stereocenters. The molecule has 6 heteroatoms. The molecule has 0 aliphatic heterocycles. The Bertz CT molecular complexity index is 495. The summed E-state index contributed by atoms with van der Waals surface area (Å²) in [6, 6.07) is 3.46. The van der Waals surface area contributed by atoms with E-state index in [0.29, 0.717) is 11.7 Å². The zero-order valence-electron chi connectivity index (χ0n) is 10.4. The minimum atomic E-state index is -0.343. The summed E-state index contributed by atoms with van der Waals surface area (Å²) in [5, 5.41) is 13.2. The molecule has 0 amide bonds. The summed E-state index contributed by atoms with van der Waals surface area (Å²) in [5.74, 6) is -0.343. The van der Waals surface area contributed by atoms with Gasteiger partial charge in [-0.2, -0.15) is 0 Å². The van der Waals surface area contributed by atoms with Gasteiger partial charge in [0.05, 0.1) is 6.20 Å². The molecule has 2 heterocycles. The van der Waals surface area contributed by atoms with Gasteiger partial charge in [-0.25, -0.2) is 4.39 Å². The summed E-state index contributed by atoms with van der Waals surface area (Å²) in [4.78, 5) is 3.99. The third kappa shape index (κ3) is 3.54. The molecule has 0 fully saturated rings. The molecule has 0 aliphatic rings. The third-order valence-electron chi connectivity index (χ3n) is 2.30. The van der Waals surface area contributed by atoms with E-state index in [4.69, 9.17) is 0 Å². The Kier molecular flexibility index (Phi) is 4.33. The molecule has 2 aromatic rings. The largest absolute Gasteiger partial charge is 0.314 e. The van der Waals surface area contributed by atoms with Crippen LogP contribution in [0.25, 0.3) is 10.7 Å². The first-order valence-corrected chi connectivity index (χ1v) is 6.64. The van der Waals surface area contributed by atoms with Crippen molar-refractivity contribution in [3.05, 3.63) is 29.2 Å². The number of halogens is 1. The smallest absolute Gasteiger partial charge is 0.166 e. The van der Waals surface area contributed by atoms with E-state index in [1.807, 2.05) is 0 Å². The van der Waals surface area contributed by atoms with Crippen LogP contribution in [-0.4, -0.2) is 27.8 Å². The van der Waals surface area contributed by atoms with E-state index >= 15 is 0 Å². The summed E-state index contributed by atoms with van der Waals surface area (Å²) in [5.41, 5.74) is 0.664. The first-order chi connectivity index (χ1) is 8.65. The van der Waals surface area contributed by atoms with Crippen molar-refractivity contribution in [2.24, 2.45) is 0 Å². The van der Waals surface area contributed by atoms with Gasteiger partial charge in [0.25, 0.3) is 0 Å². The van der Waals surface area contributed by atoms with Gasteiger partial charge in [-0.1, -0.05) is 25.2 Å². The molecular formula is C12H15FN4S. The number of nitrogens with one attached hydrogen (secondary N) is 1. The van der Waals surface area contributed by atoms with E-state index in [1.165, 1.54) is 23.6 Å². The van der Waals surface area contributed by atoms with Gasteiger partial charge < -0.3 is 5.32 Å². The summed E-state index contributed by atoms with van der Waals surface area (Å²) in [6.45, 7) is 5.09. The number of hydrogen-bond donors (Lipinski definition) is 1. The van der Waals surface area contributed by atoms with Gasteiger partial charge in [0.2, 0.25) is 0 Å². The standard InChI is InChI=1S/C12H15FN4S/c1-8(2)14-6-5-11-16-17-12(18-11)10-4-3-9(13)7-15-10/h3-4,7-8,14H,5-6H2,1-2H3. The van der Waals surface area contributed by atoms with E-state index in [-0.39, 0.29) is 5.82 Å². The SMILES string of the molecule is CC(C)NCCc1nnc(-c2ccc(F)cn2)s1. The first-order valence-electron chi connectivity index (χ1n) is 5.83. The number of rotatable bonds is 5. The van der Waals surface area contributed by atoms with Crippen molar-refractivity contribution in [3.8, 4) is 10.7 Å². The van der Waals surface area contributed by atoms with Crippen molar-refractivity contribution >= 4 is 11.3 Å². The number of pyridine rings is 1. The molecule has 0 aliphatic carbocycles. The van der Waals surface area contributed by atoms with Crippen LogP contribution in [0.15, 0.2) is 18.3 Å². The van der Waals surface area contributed by atoms with Crippen LogP contribution < -0.4 is 5.32 Å². The highest BCUT2D eigenvalue weighted by atomic mass is 32.1. The van der Waals surface area contributed by atoms with Crippen LogP contribution in [0.1, 0.15) is 18.9 Å². The maximum absolute atomic E-state index is 12.7. The zero-order chi connectivity index (χ0) is 13.0. The third-order valence-corrected chi connectivity index (χ3v) is 3.31. The molecule has 2 aromatic heterocycles. The Hall–Kier alpha value is -1.40. The first kappa shape index (κ1) is 13.0. The van der Waals surface area contributed by atoms with Crippen LogP contribution in [0.4, 0.5) is 4.39 Å². The molecule has 2 rings (SSSR count). The summed E-state index contributed by atoms with van der Waals surface area (Å²) in [7, 11) is 0. The fourth-order valence-corrected chi connectivity index (χ4v) is 2.24. The van der Waals surface area contributed by atoms with Gasteiger partial charge in [0.15, 0.2) is 5.01 Å². The Balaban J connectivity index is 1.99. The molecular weight excluding hydrogens is 251 g/mol. The molecule has 0 saturated carbocycles. The topological polar surface area (TPSA) is 50.7 Å². The molecule has 0 radical (unpaired) electrons. The molecule has 0 bridgehead atoms. The van der Waals surface area contributed by atoms with Crippen molar-refractivity contribution in [2.75, 3.05) is 6.54 Å². The summed E-state index contributed by atoms with van der Waals surface area (Å²) in [6.07, 6.45) is 2.04. The maximum Gasteiger partial charge on any atom is 0.166 e. The molecule has 0 saturated heterocycles. The van der Waals surface area contributed by atoms with Gasteiger partial charge in [0, 0.05) is 19.0 Å². The molecule has 1 N–H and O–H groups in total. The quantitative estimate of drug-likeness (QED) is 0.902.